The number of carbonyl (C=O) groups excluding carboxylic acids is 1. The van der Waals surface area contributed by atoms with Gasteiger partial charge in [0, 0.05) is 25.7 Å². The summed E-state index contributed by atoms with van der Waals surface area (Å²) >= 11 is 0. The van der Waals surface area contributed by atoms with E-state index in [4.69, 9.17) is 0 Å². The van der Waals surface area contributed by atoms with E-state index in [0.717, 1.165) is 11.6 Å². The molecule has 0 saturated carbocycles. The number of nitrogens with zero attached hydrogens (tertiary/aromatic N) is 5. The third-order valence-electron chi connectivity index (χ3n) is 7.28. The van der Waals surface area contributed by atoms with Gasteiger partial charge in [-0.2, -0.15) is 4.98 Å². The number of hydrogen-bond acceptors (Lipinski definition) is 6. The van der Waals surface area contributed by atoms with E-state index in [2.05, 4.69) is 30.4 Å². The number of phenols is 1. The Bertz CT molecular complexity index is 1700. The molecule has 0 bridgehead atoms. The number of halogens is 2. The van der Waals surface area contributed by atoms with Crippen molar-refractivity contribution in [2.75, 3.05) is 24.5 Å². The maximum absolute atomic E-state index is 15.8. The number of hydrogen-bond donors (Lipinski definition) is 1. The molecule has 0 spiro atoms. The zero-order chi connectivity index (χ0) is 29.4. The van der Waals surface area contributed by atoms with Crippen molar-refractivity contribution in [1.82, 2.24) is 19.4 Å². The van der Waals surface area contributed by atoms with Crippen LogP contribution in [0.5, 0.6) is 5.75 Å². The van der Waals surface area contributed by atoms with Crippen LogP contribution in [-0.2, 0) is 11.2 Å². The van der Waals surface area contributed by atoms with E-state index < -0.39 is 34.3 Å². The summed E-state index contributed by atoms with van der Waals surface area (Å²) in [7, 11) is 0. The molecule has 10 heteroatoms. The van der Waals surface area contributed by atoms with Gasteiger partial charge in [0.05, 0.1) is 16.6 Å². The second-order valence-electron chi connectivity index (χ2n) is 10.6. The number of anilines is 1. The highest BCUT2D eigenvalue weighted by molar-refractivity contribution is 5.91. The number of phenolic OH excluding ortho intramolecular Hbond substituents is 1. The molecule has 1 amide bonds. The van der Waals surface area contributed by atoms with E-state index in [0.29, 0.717) is 31.7 Å². The molecule has 1 N–H and O–H groups in total. The number of piperazine rings is 1. The molecule has 212 valence electrons. The number of fused-ring (bicyclic) bond motifs is 1. The number of amides is 1. The van der Waals surface area contributed by atoms with Gasteiger partial charge in [-0.3, -0.25) is 4.79 Å². The topological polar surface area (TPSA) is 91.6 Å². The lowest BCUT2D eigenvalue weighted by Gasteiger charge is -2.40. The van der Waals surface area contributed by atoms with Crippen LogP contribution in [-0.4, -0.2) is 56.1 Å². The molecule has 0 unspecified atom stereocenters. The van der Waals surface area contributed by atoms with Crippen molar-refractivity contribution in [3.63, 3.8) is 0 Å². The van der Waals surface area contributed by atoms with Gasteiger partial charge in [-0.15, -0.1) is 0 Å². The van der Waals surface area contributed by atoms with E-state index in [1.807, 2.05) is 24.0 Å². The standard InChI is InChI=1S/C31H31F2N5O3/c1-5-26(40)36-13-14-37(19(4)17-36)29-21-16-23(33)28(27-22(32)10-8-12-25(27)39)34-30(21)38(31(41)35-29)24-11-7-6-9-20(24)15-18(2)3/h5-12,16,18-19,39H,1,13-15,17H2,2-4H3/t19-/m0/s1. The lowest BCUT2D eigenvalue weighted by atomic mass is 10.0. The van der Waals surface area contributed by atoms with Crippen LogP contribution < -0.4 is 10.6 Å². The van der Waals surface area contributed by atoms with Crippen molar-refractivity contribution in [2.24, 2.45) is 5.92 Å². The summed E-state index contributed by atoms with van der Waals surface area (Å²) in [6.07, 6.45) is 1.91. The van der Waals surface area contributed by atoms with Crippen LogP contribution in [0.3, 0.4) is 0 Å². The van der Waals surface area contributed by atoms with Crippen molar-refractivity contribution in [1.29, 1.82) is 0 Å². The zero-order valence-corrected chi connectivity index (χ0v) is 23.1. The monoisotopic (exact) mass is 559 g/mol. The van der Waals surface area contributed by atoms with Crippen LogP contribution in [0.4, 0.5) is 14.6 Å². The maximum Gasteiger partial charge on any atom is 0.355 e. The van der Waals surface area contributed by atoms with E-state index in [9.17, 15) is 19.1 Å². The molecule has 2 aromatic carbocycles. The average Bonchev–Trinajstić information content (AvgIpc) is 2.93. The highest BCUT2D eigenvalue weighted by Crippen LogP contribution is 2.36. The Balaban J connectivity index is 1.79. The molecule has 1 aliphatic heterocycles. The van der Waals surface area contributed by atoms with Gasteiger partial charge in [-0.25, -0.2) is 23.1 Å². The smallest absolute Gasteiger partial charge is 0.355 e. The van der Waals surface area contributed by atoms with Gasteiger partial charge in [0.2, 0.25) is 5.91 Å². The Morgan fingerprint density at radius 1 is 1.12 bits per heavy atom. The summed E-state index contributed by atoms with van der Waals surface area (Å²) in [5.41, 5.74) is 0.0218. The number of pyridine rings is 1. The summed E-state index contributed by atoms with van der Waals surface area (Å²) in [5.74, 6) is -1.91. The van der Waals surface area contributed by atoms with Gasteiger partial charge >= 0.3 is 5.69 Å². The van der Waals surface area contributed by atoms with Crippen LogP contribution in [0, 0.1) is 17.6 Å². The predicted octanol–water partition coefficient (Wildman–Crippen LogP) is 4.85. The number of para-hydroxylation sites is 1. The van der Waals surface area contributed by atoms with Gasteiger partial charge in [0.15, 0.2) is 11.5 Å². The van der Waals surface area contributed by atoms with Crippen LogP contribution in [0.2, 0.25) is 0 Å². The Kier molecular flexibility index (Phi) is 7.57. The second-order valence-corrected chi connectivity index (χ2v) is 10.6. The Morgan fingerprint density at radius 2 is 1.88 bits per heavy atom. The lowest BCUT2D eigenvalue weighted by Crippen LogP contribution is -2.54. The summed E-state index contributed by atoms with van der Waals surface area (Å²) in [6, 6.07) is 11.9. The molecule has 4 aromatic rings. The van der Waals surface area contributed by atoms with Crippen LogP contribution in [0.25, 0.3) is 28.0 Å². The first-order chi connectivity index (χ1) is 19.6. The molecular formula is C31H31F2N5O3. The van der Waals surface area contributed by atoms with Crippen molar-refractivity contribution in [3.8, 4) is 22.7 Å². The maximum atomic E-state index is 15.8. The number of rotatable bonds is 6. The van der Waals surface area contributed by atoms with Crippen molar-refractivity contribution in [3.05, 3.63) is 88.9 Å². The van der Waals surface area contributed by atoms with Gasteiger partial charge in [0.1, 0.15) is 23.1 Å². The summed E-state index contributed by atoms with van der Waals surface area (Å²) < 4.78 is 32.0. The number of benzene rings is 2. The van der Waals surface area contributed by atoms with Crippen LogP contribution in [0.15, 0.2) is 66.0 Å². The van der Waals surface area contributed by atoms with Gasteiger partial charge in [-0.05, 0) is 55.2 Å². The Labute approximate surface area is 236 Å². The zero-order valence-electron chi connectivity index (χ0n) is 23.1. The van der Waals surface area contributed by atoms with Crippen LogP contribution in [0.1, 0.15) is 26.3 Å². The lowest BCUT2D eigenvalue weighted by molar-refractivity contribution is -0.126. The van der Waals surface area contributed by atoms with Gasteiger partial charge in [-0.1, -0.05) is 44.7 Å². The molecule has 8 nitrogen and oxygen atoms in total. The van der Waals surface area contributed by atoms with Crippen LogP contribution >= 0.6 is 0 Å². The minimum atomic E-state index is -0.880. The van der Waals surface area contributed by atoms with E-state index in [1.54, 1.807) is 17.0 Å². The van der Waals surface area contributed by atoms with Gasteiger partial charge < -0.3 is 14.9 Å². The molecule has 1 saturated heterocycles. The molecule has 1 fully saturated rings. The molecule has 41 heavy (non-hydrogen) atoms. The number of aromatic nitrogens is 3. The highest BCUT2D eigenvalue weighted by atomic mass is 19.1. The third-order valence-corrected chi connectivity index (χ3v) is 7.28. The quantitative estimate of drug-likeness (QED) is 0.340. The van der Waals surface area contributed by atoms with Gasteiger partial charge in [0.25, 0.3) is 0 Å². The molecule has 3 heterocycles. The van der Waals surface area contributed by atoms with Crippen molar-refractivity contribution in [2.45, 2.75) is 33.2 Å². The van der Waals surface area contributed by atoms with E-state index >= 15 is 4.39 Å². The Hall–Kier alpha value is -4.60. The summed E-state index contributed by atoms with van der Waals surface area (Å²) in [6.45, 7) is 10.6. The highest BCUT2D eigenvalue weighted by Gasteiger charge is 2.30. The molecular weight excluding hydrogens is 528 g/mol. The summed E-state index contributed by atoms with van der Waals surface area (Å²) in [4.78, 5) is 38.5. The fourth-order valence-electron chi connectivity index (χ4n) is 5.41. The van der Waals surface area contributed by atoms with E-state index in [-0.39, 0.29) is 34.7 Å². The minimum absolute atomic E-state index is 0.0760. The molecule has 0 radical (unpaired) electrons. The third kappa shape index (κ3) is 5.17. The first-order valence-corrected chi connectivity index (χ1v) is 13.5. The largest absolute Gasteiger partial charge is 0.507 e. The number of aromatic hydroxyl groups is 1. The Morgan fingerprint density at radius 3 is 2.56 bits per heavy atom. The molecule has 0 aliphatic carbocycles. The fraction of sp³-hybridized carbons (Fsp3) is 0.290. The second kappa shape index (κ2) is 11.1. The molecule has 1 aliphatic rings. The fourth-order valence-corrected chi connectivity index (χ4v) is 5.41. The molecule has 2 aromatic heterocycles. The minimum Gasteiger partial charge on any atom is -0.507 e. The first kappa shape index (κ1) is 27.9. The normalized spacial score (nSPS) is 15.5. The summed E-state index contributed by atoms with van der Waals surface area (Å²) in [5, 5.41) is 10.7. The predicted molar refractivity (Wildman–Crippen MR) is 154 cm³/mol. The van der Waals surface area contributed by atoms with Crippen molar-refractivity contribution < 1.29 is 18.7 Å². The first-order valence-electron chi connectivity index (χ1n) is 13.5. The average molecular weight is 560 g/mol. The SMILES string of the molecule is C=CC(=O)N1CCN(c2nc(=O)n(-c3ccccc3CC(C)C)c3nc(-c4c(O)cccc4F)c(F)cc23)[C@@H](C)C1. The van der Waals surface area contributed by atoms with Crippen molar-refractivity contribution >= 4 is 22.8 Å². The number of carbonyl (C=O) groups is 1. The van der Waals surface area contributed by atoms with E-state index in [1.165, 1.54) is 28.8 Å². The molecule has 5 rings (SSSR count). The molecule has 1 atom stereocenters.